The lowest BCUT2D eigenvalue weighted by Gasteiger charge is -2.48. The number of hydrogen-bond acceptors (Lipinski definition) is 13. The third-order valence-corrected chi connectivity index (χ3v) is 13.9. The Labute approximate surface area is 354 Å². The Bertz CT molecular complexity index is 1820. The topological polar surface area (TPSA) is 172 Å². The molecule has 5 heterocycles. The Morgan fingerprint density at radius 3 is 2.35 bits per heavy atom. The highest BCUT2D eigenvalue weighted by Crippen LogP contribution is 2.47. The highest BCUT2D eigenvalue weighted by atomic mass is 16.7. The van der Waals surface area contributed by atoms with E-state index >= 15 is 0 Å². The molecule has 13 atom stereocenters. The summed E-state index contributed by atoms with van der Waals surface area (Å²) in [6, 6.07) is 2.78. The minimum atomic E-state index is -1.38. The normalized spacial score (nSPS) is 37.3. The maximum atomic E-state index is 14.9. The molecule has 6 rings (SSSR count). The van der Waals surface area contributed by atoms with Gasteiger partial charge in [-0.25, -0.2) is 9.78 Å². The summed E-state index contributed by atoms with van der Waals surface area (Å²) >= 11 is 0. The van der Waals surface area contributed by atoms with Crippen molar-refractivity contribution in [1.82, 2.24) is 24.3 Å². The summed E-state index contributed by atoms with van der Waals surface area (Å²) in [6.07, 6.45) is 6.78. The quantitative estimate of drug-likeness (QED) is 0.175. The molecule has 2 aromatic heterocycles. The Kier molecular flexibility index (Phi) is 14.3. The molecule has 3 saturated heterocycles. The number of ketones is 2. The van der Waals surface area contributed by atoms with E-state index in [1.165, 1.54) is 14.0 Å². The van der Waals surface area contributed by atoms with E-state index in [1.54, 1.807) is 44.4 Å². The number of fused-ring (bicyclic) bond motifs is 1. The fourth-order valence-electron chi connectivity index (χ4n) is 10.2. The molecular weight excluding hydrogens is 771 g/mol. The van der Waals surface area contributed by atoms with Gasteiger partial charge >= 0.3 is 12.1 Å². The van der Waals surface area contributed by atoms with Gasteiger partial charge in [-0.3, -0.25) is 19.4 Å². The number of cyclic esters (lactones) is 1. The average molecular weight is 838 g/mol. The van der Waals surface area contributed by atoms with Crippen molar-refractivity contribution in [2.75, 3.05) is 27.7 Å². The molecule has 1 saturated carbocycles. The average Bonchev–Trinajstić information content (AvgIpc) is 3.78. The molecule has 4 fully saturated rings. The van der Waals surface area contributed by atoms with Gasteiger partial charge in [-0.2, -0.15) is 0 Å². The number of aliphatic hydroxyl groups is 1. The van der Waals surface area contributed by atoms with Crippen LogP contribution in [0.1, 0.15) is 93.4 Å². The van der Waals surface area contributed by atoms with Gasteiger partial charge in [0.05, 0.1) is 35.9 Å². The number of nitrogens with zero attached hydrogens (tertiary/aromatic N) is 5. The lowest BCUT2D eigenvalue weighted by molar-refractivity contribution is -0.295. The summed E-state index contributed by atoms with van der Waals surface area (Å²) < 4.78 is 33.8. The Morgan fingerprint density at radius 2 is 1.72 bits per heavy atom. The number of carbonyl (C=O) groups excluding carboxylic acids is 4. The second-order valence-corrected chi connectivity index (χ2v) is 18.5. The molecule has 4 aliphatic rings. The molecule has 1 aliphatic carbocycles. The summed E-state index contributed by atoms with van der Waals surface area (Å²) in [5.74, 6) is -4.95. The number of Topliss-reactive ketones (excluding diaryl/α,β-unsaturated/α-hetero) is 2. The fraction of sp³-hybridized carbons (Fsp3) is 0.733. The van der Waals surface area contributed by atoms with Gasteiger partial charge in [-0.1, -0.05) is 27.2 Å². The van der Waals surface area contributed by atoms with Crippen molar-refractivity contribution >= 4 is 23.6 Å². The summed E-state index contributed by atoms with van der Waals surface area (Å²) in [5.41, 5.74) is -0.900. The number of unbranched alkanes of at least 4 members (excludes halogenated alkanes) is 1. The van der Waals surface area contributed by atoms with Gasteiger partial charge in [-0.15, -0.1) is 0 Å². The SMILES string of the molecule is CO[C@@]1(C)C[C@@H](C)C(=O)[C@@H](C)C2N(CCCCn3cnc(-c4cccnc4)c3)C(=O)O[C@]2(C)[C@H](C2CCC2)OC(=O)[C@H](C)C(=O)[C@H](C)[C@H]1OC1O[C@H](C)C[C@H](N(C)C)[C@H]1O. The fourth-order valence-corrected chi connectivity index (χ4v) is 10.2. The number of aromatic nitrogens is 3. The molecule has 1 N–H and O–H groups in total. The van der Waals surface area contributed by atoms with E-state index < -0.39 is 83.4 Å². The van der Waals surface area contributed by atoms with Crippen LogP contribution in [0.4, 0.5) is 4.79 Å². The first kappa shape index (κ1) is 45.8. The van der Waals surface area contributed by atoms with E-state index in [0.717, 1.165) is 30.5 Å². The molecule has 332 valence electrons. The van der Waals surface area contributed by atoms with Gasteiger partial charge in [0.25, 0.3) is 0 Å². The molecule has 0 aromatic carbocycles. The van der Waals surface area contributed by atoms with Crippen molar-refractivity contribution in [3.63, 3.8) is 0 Å². The zero-order valence-corrected chi connectivity index (χ0v) is 37.1. The molecule has 1 amide bonds. The van der Waals surface area contributed by atoms with E-state index in [-0.39, 0.29) is 30.3 Å². The number of pyridine rings is 1. The smallest absolute Gasteiger partial charge is 0.410 e. The minimum absolute atomic E-state index is 0.124. The standard InChI is InChI=1S/C45H67N5O10/c1-26-22-44(6,56-10)39(59-42-37(53)34(48(8)9)21-27(2)57-42)29(4)36(52)30(5)41(54)58-40(31-15-13-16-31)45(7)38(28(3)35(26)51)50(43(55)60-45)20-12-11-19-49-24-33(47-25-49)32-17-14-18-46-23-32/h14,17-18,23-31,34,37-40,42,53H,11-13,15-16,19-22H2,1-10H3/t26-,27-,28-,29+,30-,34+,37-,38?,39-,40+,42?,44+,45+/m1/s1. The van der Waals surface area contributed by atoms with Crippen molar-refractivity contribution in [2.24, 2.45) is 29.6 Å². The predicted octanol–water partition coefficient (Wildman–Crippen LogP) is 5.32. The Morgan fingerprint density at radius 1 is 1.00 bits per heavy atom. The van der Waals surface area contributed by atoms with E-state index in [0.29, 0.717) is 32.4 Å². The molecule has 0 spiro atoms. The van der Waals surface area contributed by atoms with Crippen molar-refractivity contribution < 1.29 is 48.0 Å². The monoisotopic (exact) mass is 837 g/mol. The summed E-state index contributed by atoms with van der Waals surface area (Å²) in [6.45, 7) is 13.3. The van der Waals surface area contributed by atoms with Gasteiger partial charge in [0.15, 0.2) is 17.7 Å². The molecule has 2 unspecified atom stereocenters. The number of imidazole rings is 1. The minimum Gasteiger partial charge on any atom is -0.457 e. The van der Waals surface area contributed by atoms with Crippen molar-refractivity contribution in [1.29, 1.82) is 0 Å². The van der Waals surface area contributed by atoms with Crippen LogP contribution in [0.5, 0.6) is 0 Å². The number of rotatable bonds is 11. The summed E-state index contributed by atoms with van der Waals surface area (Å²) in [4.78, 5) is 70.0. The number of ether oxygens (including phenoxy) is 5. The number of amides is 1. The molecule has 0 radical (unpaired) electrons. The van der Waals surface area contributed by atoms with Crippen molar-refractivity contribution in [2.45, 2.75) is 154 Å². The first-order valence-electron chi connectivity index (χ1n) is 21.8. The van der Waals surface area contributed by atoms with Crippen LogP contribution < -0.4 is 0 Å². The van der Waals surface area contributed by atoms with Crippen LogP contribution in [-0.2, 0) is 44.6 Å². The van der Waals surface area contributed by atoms with Gasteiger partial charge < -0.3 is 43.2 Å². The number of aliphatic hydroxyl groups excluding tert-OH is 1. The largest absolute Gasteiger partial charge is 0.457 e. The van der Waals surface area contributed by atoms with Crippen LogP contribution >= 0.6 is 0 Å². The predicted molar refractivity (Wildman–Crippen MR) is 221 cm³/mol. The molecular formula is C45H67N5O10. The van der Waals surface area contributed by atoms with Gasteiger partial charge in [-0.05, 0) is 92.4 Å². The number of carbonyl (C=O) groups is 4. The molecule has 15 heteroatoms. The Balaban J connectivity index is 1.30. The van der Waals surface area contributed by atoms with Gasteiger partial charge in [0.2, 0.25) is 0 Å². The van der Waals surface area contributed by atoms with Crippen LogP contribution in [-0.4, -0.2) is 135 Å². The number of likely N-dealkylation sites (N-methyl/N-ethyl adjacent to an activating group) is 1. The van der Waals surface area contributed by atoms with E-state index in [9.17, 15) is 24.3 Å². The van der Waals surface area contributed by atoms with Crippen LogP contribution in [0.15, 0.2) is 37.1 Å². The highest BCUT2D eigenvalue weighted by molar-refractivity contribution is 6.00. The molecule has 60 heavy (non-hydrogen) atoms. The zero-order valence-electron chi connectivity index (χ0n) is 37.1. The van der Waals surface area contributed by atoms with E-state index in [1.807, 2.05) is 62.7 Å². The van der Waals surface area contributed by atoms with Crippen LogP contribution in [0.3, 0.4) is 0 Å². The molecule has 3 aliphatic heterocycles. The third-order valence-electron chi connectivity index (χ3n) is 13.9. The lowest BCUT2D eigenvalue weighted by Crippen LogP contribution is -2.61. The van der Waals surface area contributed by atoms with E-state index in [4.69, 9.17) is 23.7 Å². The van der Waals surface area contributed by atoms with Crippen LogP contribution in [0, 0.1) is 29.6 Å². The summed E-state index contributed by atoms with van der Waals surface area (Å²) in [7, 11) is 5.27. The lowest BCUT2D eigenvalue weighted by atomic mass is 9.68. The summed E-state index contributed by atoms with van der Waals surface area (Å²) in [5, 5.41) is 11.5. The second-order valence-electron chi connectivity index (χ2n) is 18.5. The van der Waals surface area contributed by atoms with Crippen molar-refractivity contribution in [3.05, 3.63) is 37.1 Å². The number of esters is 1. The van der Waals surface area contributed by atoms with Crippen LogP contribution in [0.2, 0.25) is 0 Å². The zero-order chi connectivity index (χ0) is 43.7. The van der Waals surface area contributed by atoms with Gasteiger partial charge in [0, 0.05) is 74.1 Å². The van der Waals surface area contributed by atoms with Crippen molar-refractivity contribution in [3.8, 4) is 11.3 Å². The first-order valence-corrected chi connectivity index (χ1v) is 21.8. The second kappa shape index (κ2) is 18.7. The maximum Gasteiger partial charge on any atom is 0.410 e. The number of hydrogen-bond donors (Lipinski definition) is 1. The number of aryl methyl sites for hydroxylation is 1. The third kappa shape index (κ3) is 9.20. The first-order chi connectivity index (χ1) is 28.4. The molecule has 0 bridgehead atoms. The Hall–Kier alpha value is -3.76. The molecule has 15 nitrogen and oxygen atoms in total. The van der Waals surface area contributed by atoms with Gasteiger partial charge in [0.1, 0.15) is 23.9 Å². The van der Waals surface area contributed by atoms with E-state index in [2.05, 4.69) is 9.97 Å². The highest BCUT2D eigenvalue weighted by Gasteiger charge is 2.62. The van der Waals surface area contributed by atoms with Crippen LogP contribution in [0.25, 0.3) is 11.3 Å². The maximum absolute atomic E-state index is 14.9. The molecule has 2 aromatic rings. The number of methoxy groups -OCH3 is 1.